The number of nitrogens with two attached hydrogens (primary N) is 1. The van der Waals surface area contributed by atoms with E-state index in [2.05, 4.69) is 30.4 Å². The van der Waals surface area contributed by atoms with Crippen LogP contribution in [0.15, 0.2) is 0 Å². The van der Waals surface area contributed by atoms with Crippen molar-refractivity contribution in [2.75, 3.05) is 12.3 Å². The normalized spacial score (nSPS) is 45.3. The largest absolute Gasteiger partial charge is 0.393 e. The van der Waals surface area contributed by atoms with E-state index >= 15 is 0 Å². The second-order valence-corrected chi connectivity index (χ2v) is 14.5. The summed E-state index contributed by atoms with van der Waals surface area (Å²) in [6, 6.07) is 0. The molecule has 0 radical (unpaired) electrons. The van der Waals surface area contributed by atoms with Crippen LogP contribution in [0, 0.1) is 46.3 Å². The van der Waals surface area contributed by atoms with Crippen LogP contribution in [0.2, 0.25) is 0 Å². The summed E-state index contributed by atoms with van der Waals surface area (Å²) in [6.07, 6.45) is 5.70. The molecule has 1 amide bonds. The maximum absolute atomic E-state index is 12.3. The second kappa shape index (κ2) is 10.4. The van der Waals surface area contributed by atoms with E-state index in [1.54, 1.807) is 0 Å². The van der Waals surface area contributed by atoms with E-state index < -0.39 is 22.3 Å². The molecule has 0 aromatic carbocycles. The third-order valence-corrected chi connectivity index (χ3v) is 12.2. The van der Waals surface area contributed by atoms with Crippen molar-refractivity contribution in [1.29, 1.82) is 0 Å². The van der Waals surface area contributed by atoms with E-state index in [1.165, 1.54) is 0 Å². The summed E-state index contributed by atoms with van der Waals surface area (Å²) in [5.74, 6) is 5.58. The lowest BCUT2D eigenvalue weighted by Crippen LogP contribution is -2.62. The Kier molecular flexibility index (Phi) is 8.17. The zero-order chi connectivity index (χ0) is 26.5. The Bertz CT molecular complexity index is 916. The molecule has 0 unspecified atom stereocenters. The van der Waals surface area contributed by atoms with E-state index in [-0.39, 0.29) is 71.1 Å². The Morgan fingerprint density at radius 1 is 1.11 bits per heavy atom. The number of nitrogens with one attached hydrogen (secondary N) is 1. The van der Waals surface area contributed by atoms with Crippen molar-refractivity contribution in [3.05, 3.63) is 0 Å². The number of carbonyl (C=O) groups excluding carboxylic acids is 1. The van der Waals surface area contributed by atoms with Crippen molar-refractivity contribution >= 4 is 16.0 Å². The topological polar surface area (TPSA) is 159 Å². The van der Waals surface area contributed by atoms with Gasteiger partial charge in [-0.2, -0.15) is 18.6 Å². The lowest BCUT2D eigenvalue weighted by molar-refractivity contribution is -0.207. The minimum absolute atomic E-state index is 0.0492. The number of aliphatic hydroxyl groups is 3. The zero-order valence-electron chi connectivity index (χ0n) is 21.9. The van der Waals surface area contributed by atoms with Crippen LogP contribution in [-0.2, 0) is 19.2 Å². The summed E-state index contributed by atoms with van der Waals surface area (Å²) in [5, 5.41) is 35.9. The predicted octanol–water partition coefficient (Wildman–Crippen LogP) is 1.70. The van der Waals surface area contributed by atoms with Crippen LogP contribution >= 0.6 is 0 Å². The number of fused-ring (bicyclic) bond motifs is 5. The zero-order valence-corrected chi connectivity index (χ0v) is 22.8. The third kappa shape index (κ3) is 4.98. The van der Waals surface area contributed by atoms with Crippen molar-refractivity contribution in [2.45, 2.75) is 96.9 Å². The van der Waals surface area contributed by atoms with Gasteiger partial charge in [-0.25, -0.2) is 0 Å². The number of amides is 1. The maximum atomic E-state index is 12.3. The molecular weight excluding hydrogens is 484 g/mol. The van der Waals surface area contributed by atoms with Crippen LogP contribution in [0.1, 0.15) is 78.6 Å². The Labute approximate surface area is 215 Å². The first-order chi connectivity index (χ1) is 16.8. The summed E-state index contributed by atoms with van der Waals surface area (Å²) in [6.45, 7) is 6.64. The first kappa shape index (κ1) is 28.2. The Morgan fingerprint density at radius 2 is 1.83 bits per heavy atom. The number of rotatable bonds is 8. The van der Waals surface area contributed by atoms with Gasteiger partial charge in [0.05, 0.1) is 24.1 Å². The minimum Gasteiger partial charge on any atom is -0.393 e. The number of hydrogen-bond donors (Lipinski definition) is 5. The highest BCUT2D eigenvalue weighted by Gasteiger charge is 2.65. The minimum atomic E-state index is -3.81. The van der Waals surface area contributed by atoms with E-state index in [0.717, 1.165) is 38.5 Å². The maximum Gasteiger partial charge on any atom is 0.284 e. The number of hydrogen-bond acceptors (Lipinski definition) is 8. The molecule has 0 heterocycles. The molecule has 10 heteroatoms. The summed E-state index contributed by atoms with van der Waals surface area (Å²) in [7, 11) is -3.81. The van der Waals surface area contributed by atoms with Crippen molar-refractivity contribution in [1.82, 2.24) is 5.32 Å². The quantitative estimate of drug-likeness (QED) is 0.297. The first-order valence-corrected chi connectivity index (χ1v) is 15.3. The monoisotopic (exact) mass is 530 g/mol. The van der Waals surface area contributed by atoms with Gasteiger partial charge in [0.2, 0.25) is 5.91 Å². The van der Waals surface area contributed by atoms with Gasteiger partial charge < -0.3 is 20.6 Å². The molecule has 0 saturated heterocycles. The Balaban J connectivity index is 1.41. The van der Waals surface area contributed by atoms with Gasteiger partial charge >= 0.3 is 0 Å². The molecule has 4 aliphatic rings. The average Bonchev–Trinajstić information content (AvgIpc) is 3.18. The van der Waals surface area contributed by atoms with Crippen LogP contribution in [0.4, 0.5) is 0 Å². The van der Waals surface area contributed by atoms with Crippen LogP contribution in [0.5, 0.6) is 0 Å². The van der Waals surface area contributed by atoms with Crippen LogP contribution < -0.4 is 11.2 Å². The molecule has 0 spiro atoms. The molecule has 0 aromatic rings. The SMILES string of the molecule is C[C@H](CCC(=O)NCCS(=O)(=O)ON)[C@H]1CC[C@H]2[C@@H]3[C@H](O)C[C@@H]4C[C@H](O)CC[C@]4(C)[C@H]3C[C@H](O)[C@]12C. The van der Waals surface area contributed by atoms with Gasteiger partial charge in [0, 0.05) is 13.0 Å². The summed E-state index contributed by atoms with van der Waals surface area (Å²) in [4.78, 5) is 12.3. The van der Waals surface area contributed by atoms with Crippen molar-refractivity contribution < 1.29 is 32.8 Å². The summed E-state index contributed by atoms with van der Waals surface area (Å²) < 4.78 is 26.5. The lowest BCUT2D eigenvalue weighted by atomic mass is 9.43. The fourth-order valence-corrected chi connectivity index (χ4v) is 9.59. The summed E-state index contributed by atoms with van der Waals surface area (Å²) >= 11 is 0. The molecule has 208 valence electrons. The molecule has 6 N–H and O–H groups in total. The van der Waals surface area contributed by atoms with Crippen LogP contribution in [0.3, 0.4) is 0 Å². The molecule has 0 aliphatic heterocycles. The molecule has 9 nitrogen and oxygen atoms in total. The highest BCUT2D eigenvalue weighted by atomic mass is 32.2. The fraction of sp³-hybridized carbons (Fsp3) is 0.962. The standard InChI is InChI=1S/C26H46N2O7S/c1-15(4-7-23(32)28-10-11-36(33,34)35-27)18-5-6-19-24-20(14-22(31)26(18,19)3)25(2)9-8-17(29)12-16(25)13-21(24)30/h15-22,24,29-31H,4-14,27H2,1-3H3,(H,28,32)/t15-,16+,17-,18-,19+,20+,21-,22+,24+,25+,26-/m1/s1. The molecule has 0 bridgehead atoms. The molecular formula is C26H46N2O7S. The first-order valence-electron chi connectivity index (χ1n) is 13.8. The smallest absolute Gasteiger partial charge is 0.284 e. The molecule has 4 rings (SSSR count). The summed E-state index contributed by atoms with van der Waals surface area (Å²) in [5.41, 5.74) is -0.252. The van der Waals surface area contributed by atoms with E-state index in [9.17, 15) is 28.5 Å². The van der Waals surface area contributed by atoms with E-state index in [4.69, 9.17) is 5.90 Å². The highest BCUT2D eigenvalue weighted by Crippen LogP contribution is 2.68. The fourth-order valence-electron chi connectivity index (χ4n) is 9.14. The van der Waals surface area contributed by atoms with Gasteiger partial charge in [0.15, 0.2) is 0 Å². The molecule has 4 aliphatic carbocycles. The van der Waals surface area contributed by atoms with Gasteiger partial charge in [0.1, 0.15) is 0 Å². The van der Waals surface area contributed by atoms with Gasteiger partial charge in [-0.1, -0.05) is 20.8 Å². The van der Waals surface area contributed by atoms with Crippen molar-refractivity contribution in [3.8, 4) is 0 Å². The molecule has 4 saturated carbocycles. The molecule has 11 atom stereocenters. The average molecular weight is 531 g/mol. The van der Waals surface area contributed by atoms with Crippen molar-refractivity contribution in [2.24, 2.45) is 52.2 Å². The van der Waals surface area contributed by atoms with E-state index in [0.29, 0.717) is 18.8 Å². The Hall–Kier alpha value is -0.780. The molecule has 4 fully saturated rings. The third-order valence-electron chi connectivity index (χ3n) is 11.2. The van der Waals surface area contributed by atoms with Crippen LogP contribution in [0.25, 0.3) is 0 Å². The Morgan fingerprint density at radius 3 is 2.53 bits per heavy atom. The number of carbonyl (C=O) groups is 1. The molecule has 0 aromatic heterocycles. The second-order valence-electron chi connectivity index (χ2n) is 12.7. The van der Waals surface area contributed by atoms with Gasteiger partial charge in [0.25, 0.3) is 10.1 Å². The van der Waals surface area contributed by atoms with Crippen molar-refractivity contribution in [3.63, 3.8) is 0 Å². The lowest BCUT2D eigenvalue weighted by Gasteiger charge is -2.63. The molecule has 36 heavy (non-hydrogen) atoms. The van der Waals surface area contributed by atoms with Gasteiger partial charge in [-0.3, -0.25) is 4.79 Å². The van der Waals surface area contributed by atoms with Gasteiger partial charge in [-0.05, 0) is 97.7 Å². The number of aliphatic hydroxyl groups excluding tert-OH is 3. The highest BCUT2D eigenvalue weighted by molar-refractivity contribution is 7.86. The van der Waals surface area contributed by atoms with Gasteiger partial charge in [-0.15, -0.1) is 0 Å². The van der Waals surface area contributed by atoms with Crippen LogP contribution in [-0.4, -0.2) is 60.3 Å². The van der Waals surface area contributed by atoms with E-state index in [1.807, 2.05) is 0 Å². The predicted molar refractivity (Wildman–Crippen MR) is 134 cm³/mol.